The number of rotatable bonds is 6. The third-order valence-electron chi connectivity index (χ3n) is 4.93. The molecule has 0 bridgehead atoms. The highest BCUT2D eigenvalue weighted by atomic mass is 32.2. The van der Waals surface area contributed by atoms with Gasteiger partial charge in [-0.1, -0.05) is 6.07 Å². The van der Waals surface area contributed by atoms with Crippen LogP contribution in [-0.4, -0.2) is 35.1 Å². The Morgan fingerprint density at radius 3 is 3.00 bits per heavy atom. The molecular weight excluding hydrogens is 334 g/mol. The summed E-state index contributed by atoms with van der Waals surface area (Å²) < 4.78 is 0. The van der Waals surface area contributed by atoms with Crippen LogP contribution in [0.25, 0.3) is 10.9 Å². The number of nitrogens with zero attached hydrogens (tertiary/aromatic N) is 1. The number of carbonyl (C=O) groups excluding carboxylic acids is 1. The largest absolute Gasteiger partial charge is 0.370 e. The number of hydrogen-bond donors (Lipinski definition) is 2. The maximum atomic E-state index is 12.5. The Morgan fingerprint density at radius 1 is 1.40 bits per heavy atom. The number of nitrogens with one attached hydrogen (secondary N) is 1. The van der Waals surface area contributed by atoms with Crippen LogP contribution < -0.4 is 11.3 Å². The van der Waals surface area contributed by atoms with Crippen LogP contribution in [0, 0.1) is 5.92 Å². The normalized spacial score (nSPS) is 18.5. The summed E-state index contributed by atoms with van der Waals surface area (Å²) in [6, 6.07) is 8.17. The quantitative estimate of drug-likeness (QED) is 0.777. The van der Waals surface area contributed by atoms with Gasteiger partial charge in [0.05, 0.1) is 0 Å². The molecule has 2 heterocycles. The van der Waals surface area contributed by atoms with E-state index in [0.29, 0.717) is 18.9 Å². The molecule has 25 heavy (non-hydrogen) atoms. The van der Waals surface area contributed by atoms with Crippen molar-refractivity contribution in [3.05, 3.63) is 40.2 Å². The van der Waals surface area contributed by atoms with E-state index in [1.807, 2.05) is 18.4 Å². The van der Waals surface area contributed by atoms with E-state index >= 15 is 0 Å². The number of hydrogen-bond acceptors (Lipinski definition) is 4. The Morgan fingerprint density at radius 2 is 2.24 bits per heavy atom. The molecule has 1 aromatic carbocycles. The van der Waals surface area contributed by atoms with Crippen LogP contribution >= 0.6 is 11.8 Å². The third kappa shape index (κ3) is 4.64. The van der Waals surface area contributed by atoms with Crippen LogP contribution in [0.5, 0.6) is 0 Å². The van der Waals surface area contributed by atoms with Gasteiger partial charge in [-0.25, -0.2) is 0 Å². The van der Waals surface area contributed by atoms with Crippen LogP contribution in [0.3, 0.4) is 0 Å². The number of fused-ring (bicyclic) bond motifs is 1. The summed E-state index contributed by atoms with van der Waals surface area (Å²) in [5.41, 5.74) is 6.95. The van der Waals surface area contributed by atoms with Gasteiger partial charge in [0.25, 0.3) is 5.56 Å². The molecule has 134 valence electrons. The van der Waals surface area contributed by atoms with Gasteiger partial charge in [0.15, 0.2) is 0 Å². The molecule has 1 aromatic heterocycles. The van der Waals surface area contributed by atoms with Gasteiger partial charge in [0, 0.05) is 35.5 Å². The van der Waals surface area contributed by atoms with Crippen molar-refractivity contribution in [2.75, 3.05) is 19.3 Å². The van der Waals surface area contributed by atoms with Crippen molar-refractivity contribution in [2.45, 2.75) is 37.1 Å². The summed E-state index contributed by atoms with van der Waals surface area (Å²) in [6.07, 6.45) is 5.56. The summed E-state index contributed by atoms with van der Waals surface area (Å²) in [5, 5.41) is 1.06. The van der Waals surface area contributed by atoms with E-state index in [4.69, 9.17) is 5.73 Å². The first-order valence-corrected chi connectivity index (χ1v) is 9.98. The second-order valence-corrected chi connectivity index (χ2v) is 7.70. The van der Waals surface area contributed by atoms with Crippen molar-refractivity contribution in [2.24, 2.45) is 11.7 Å². The number of piperidine rings is 1. The van der Waals surface area contributed by atoms with Gasteiger partial charge in [-0.15, -0.1) is 11.8 Å². The zero-order valence-corrected chi connectivity index (χ0v) is 15.4. The molecule has 2 aromatic rings. The fourth-order valence-corrected chi connectivity index (χ4v) is 4.03. The van der Waals surface area contributed by atoms with E-state index in [0.717, 1.165) is 53.7 Å². The first kappa shape index (κ1) is 18.0. The van der Waals surface area contributed by atoms with E-state index in [-0.39, 0.29) is 11.5 Å². The molecule has 3 N–H and O–H groups in total. The molecule has 1 amide bonds. The van der Waals surface area contributed by atoms with Crippen molar-refractivity contribution in [3.8, 4) is 0 Å². The second kappa shape index (κ2) is 8.06. The molecule has 1 fully saturated rings. The van der Waals surface area contributed by atoms with Crippen molar-refractivity contribution in [1.82, 2.24) is 9.88 Å². The molecule has 1 saturated heterocycles. The number of likely N-dealkylation sites (tertiary alicyclic amines) is 1. The van der Waals surface area contributed by atoms with Crippen molar-refractivity contribution < 1.29 is 4.79 Å². The minimum absolute atomic E-state index is 0.00925. The van der Waals surface area contributed by atoms with Crippen LogP contribution in [0.4, 0.5) is 0 Å². The Kier molecular flexibility index (Phi) is 5.81. The number of carbonyl (C=O) groups is 1. The molecule has 1 aliphatic heterocycles. The molecule has 3 rings (SSSR count). The topological polar surface area (TPSA) is 79.2 Å². The maximum absolute atomic E-state index is 12.5. The number of benzene rings is 1. The average Bonchev–Trinajstić information content (AvgIpc) is 2.60. The SMILES string of the molecule is CSc1ccc2cc(CN3CCC[C@H](CCC(N)=O)C3)c(=O)[nH]c2c1. The summed E-state index contributed by atoms with van der Waals surface area (Å²) in [5.74, 6) is 0.262. The Labute approximate surface area is 152 Å². The lowest BCUT2D eigenvalue weighted by molar-refractivity contribution is -0.118. The highest BCUT2D eigenvalue weighted by Crippen LogP contribution is 2.23. The second-order valence-electron chi connectivity index (χ2n) is 6.83. The van der Waals surface area contributed by atoms with E-state index in [1.54, 1.807) is 11.8 Å². The smallest absolute Gasteiger partial charge is 0.252 e. The zero-order chi connectivity index (χ0) is 17.8. The van der Waals surface area contributed by atoms with Crippen LogP contribution in [0.15, 0.2) is 34.0 Å². The molecular formula is C19H25N3O2S. The van der Waals surface area contributed by atoms with Gasteiger partial charge in [-0.05, 0) is 61.6 Å². The number of nitrogens with two attached hydrogens (primary N) is 1. The number of primary amides is 1. The minimum atomic E-state index is -0.229. The standard InChI is InChI=1S/C19H25N3O2S/c1-25-16-6-5-14-9-15(19(24)21-17(14)10-16)12-22-8-2-3-13(11-22)4-7-18(20)23/h5-6,9-10,13H,2-4,7-8,11-12H2,1H3,(H2,20,23)(H,21,24)/t13-/m1/s1. The lowest BCUT2D eigenvalue weighted by Crippen LogP contribution is -2.36. The fourth-order valence-electron chi connectivity index (χ4n) is 3.59. The van der Waals surface area contributed by atoms with Gasteiger partial charge in [0.1, 0.15) is 0 Å². The number of aromatic amines is 1. The molecule has 0 saturated carbocycles. The number of amides is 1. The highest BCUT2D eigenvalue weighted by Gasteiger charge is 2.21. The lowest BCUT2D eigenvalue weighted by atomic mass is 9.93. The Hall–Kier alpha value is -1.79. The highest BCUT2D eigenvalue weighted by molar-refractivity contribution is 7.98. The summed E-state index contributed by atoms with van der Waals surface area (Å²) >= 11 is 1.67. The third-order valence-corrected chi connectivity index (χ3v) is 5.65. The van der Waals surface area contributed by atoms with Gasteiger partial charge < -0.3 is 10.7 Å². The molecule has 0 spiro atoms. The predicted molar refractivity (Wildman–Crippen MR) is 103 cm³/mol. The zero-order valence-electron chi connectivity index (χ0n) is 14.6. The molecule has 1 atom stereocenters. The number of pyridine rings is 1. The van der Waals surface area contributed by atoms with Crippen LogP contribution in [-0.2, 0) is 11.3 Å². The average molecular weight is 359 g/mol. The molecule has 0 radical (unpaired) electrons. The van der Waals surface area contributed by atoms with Crippen molar-refractivity contribution in [1.29, 1.82) is 0 Å². The summed E-state index contributed by atoms with van der Waals surface area (Å²) in [7, 11) is 0. The monoisotopic (exact) mass is 359 g/mol. The van der Waals surface area contributed by atoms with Gasteiger partial charge >= 0.3 is 0 Å². The minimum Gasteiger partial charge on any atom is -0.370 e. The molecule has 0 aliphatic carbocycles. The number of aromatic nitrogens is 1. The Balaban J connectivity index is 1.72. The van der Waals surface area contributed by atoms with Gasteiger partial charge in [-0.3, -0.25) is 14.5 Å². The van der Waals surface area contributed by atoms with Crippen molar-refractivity contribution in [3.63, 3.8) is 0 Å². The fraction of sp³-hybridized carbons (Fsp3) is 0.474. The van der Waals surface area contributed by atoms with E-state index in [2.05, 4.69) is 22.0 Å². The summed E-state index contributed by atoms with van der Waals surface area (Å²) in [4.78, 5) is 29.9. The molecule has 5 nitrogen and oxygen atoms in total. The maximum Gasteiger partial charge on any atom is 0.252 e. The molecule has 6 heteroatoms. The van der Waals surface area contributed by atoms with E-state index in [9.17, 15) is 9.59 Å². The van der Waals surface area contributed by atoms with E-state index in [1.165, 1.54) is 0 Å². The number of H-pyrrole nitrogens is 1. The molecule has 0 unspecified atom stereocenters. The molecule has 1 aliphatic rings. The van der Waals surface area contributed by atoms with Crippen LogP contribution in [0.2, 0.25) is 0 Å². The predicted octanol–water partition coefficient (Wildman–Crippen LogP) is 2.73. The first-order valence-electron chi connectivity index (χ1n) is 8.76. The number of thioether (sulfide) groups is 1. The van der Waals surface area contributed by atoms with E-state index < -0.39 is 0 Å². The van der Waals surface area contributed by atoms with Crippen LogP contribution in [0.1, 0.15) is 31.2 Å². The Bertz CT molecular complexity index is 818. The lowest BCUT2D eigenvalue weighted by Gasteiger charge is -2.32. The first-order chi connectivity index (χ1) is 12.0. The van der Waals surface area contributed by atoms with Gasteiger partial charge in [0.2, 0.25) is 5.91 Å². The summed E-state index contributed by atoms with van der Waals surface area (Å²) in [6.45, 7) is 2.58. The van der Waals surface area contributed by atoms with Crippen molar-refractivity contribution >= 4 is 28.6 Å². The van der Waals surface area contributed by atoms with Gasteiger partial charge in [-0.2, -0.15) is 0 Å².